The monoisotopic (exact) mass is 506 g/mol. The Morgan fingerprint density at radius 2 is 1.71 bits per heavy atom. The van der Waals surface area contributed by atoms with E-state index in [0.29, 0.717) is 0 Å². The Kier molecular flexibility index (Phi) is 6.06. The predicted octanol–water partition coefficient (Wildman–Crippen LogP) is 4.91. The summed E-state index contributed by atoms with van der Waals surface area (Å²) in [6.07, 6.45) is 9.83. The molecule has 2 aliphatic heterocycles. The summed E-state index contributed by atoms with van der Waals surface area (Å²) in [5.41, 5.74) is 8.63. The lowest BCUT2D eigenvalue weighted by atomic mass is 10.0. The van der Waals surface area contributed by atoms with Crippen molar-refractivity contribution in [1.29, 1.82) is 0 Å². The highest BCUT2D eigenvalue weighted by molar-refractivity contribution is 5.99. The van der Waals surface area contributed by atoms with Crippen LogP contribution in [0.15, 0.2) is 55.0 Å². The van der Waals surface area contributed by atoms with Crippen molar-refractivity contribution < 1.29 is 0 Å². The molecule has 1 aromatic carbocycles. The lowest BCUT2D eigenvalue weighted by Crippen LogP contribution is -2.44. The molecule has 0 saturated carbocycles. The van der Waals surface area contributed by atoms with Crippen molar-refractivity contribution in [2.45, 2.75) is 25.8 Å². The minimum absolute atomic E-state index is 0.901. The van der Waals surface area contributed by atoms with E-state index in [0.717, 1.165) is 77.2 Å². The number of rotatable bonds is 5. The Morgan fingerprint density at radius 3 is 2.58 bits per heavy atom. The highest BCUT2D eigenvalue weighted by Crippen LogP contribution is 2.34. The second-order valence-electron chi connectivity index (χ2n) is 10.8. The SMILES string of the molecule is CN1CCN(c2ccnc3[nH]c(-c4n[nH]c5ccc(-c6cncc(CN7CCCCC7)c6)cc45)cc23)CC1. The van der Waals surface area contributed by atoms with Crippen LogP contribution in [0.4, 0.5) is 5.69 Å². The normalized spacial score (nSPS) is 17.6. The van der Waals surface area contributed by atoms with Crippen molar-refractivity contribution in [3.8, 4) is 22.5 Å². The Hall–Kier alpha value is -3.75. The van der Waals surface area contributed by atoms with Gasteiger partial charge in [0.25, 0.3) is 0 Å². The zero-order valence-electron chi connectivity index (χ0n) is 22.0. The summed E-state index contributed by atoms with van der Waals surface area (Å²) in [6, 6.07) is 13.1. The summed E-state index contributed by atoms with van der Waals surface area (Å²) >= 11 is 0. The molecule has 0 aliphatic carbocycles. The Morgan fingerprint density at radius 1 is 0.842 bits per heavy atom. The average Bonchev–Trinajstić information content (AvgIpc) is 3.58. The molecule has 0 atom stereocenters. The molecule has 38 heavy (non-hydrogen) atoms. The number of aromatic amines is 2. The summed E-state index contributed by atoms with van der Waals surface area (Å²) in [6.45, 7) is 7.53. The fourth-order valence-electron chi connectivity index (χ4n) is 5.97. The molecule has 0 radical (unpaired) electrons. The fourth-order valence-corrected chi connectivity index (χ4v) is 5.97. The van der Waals surface area contributed by atoms with Crippen molar-refractivity contribution in [3.63, 3.8) is 0 Å². The fraction of sp³-hybridized carbons (Fsp3) is 0.367. The van der Waals surface area contributed by atoms with Crippen molar-refractivity contribution in [2.75, 3.05) is 51.2 Å². The van der Waals surface area contributed by atoms with Crippen molar-refractivity contribution in [2.24, 2.45) is 0 Å². The summed E-state index contributed by atoms with van der Waals surface area (Å²) in [4.78, 5) is 20.2. The van der Waals surface area contributed by atoms with Gasteiger partial charge in [-0.25, -0.2) is 4.98 Å². The van der Waals surface area contributed by atoms with Gasteiger partial charge in [-0.05, 0) is 74.4 Å². The number of fused-ring (bicyclic) bond motifs is 2. The maximum atomic E-state index is 4.72. The van der Waals surface area contributed by atoms with Gasteiger partial charge >= 0.3 is 0 Å². The molecular weight excluding hydrogens is 472 g/mol. The maximum absolute atomic E-state index is 4.72. The van der Waals surface area contributed by atoms with Gasteiger partial charge in [-0.2, -0.15) is 5.10 Å². The molecule has 2 fully saturated rings. The van der Waals surface area contributed by atoms with Crippen LogP contribution < -0.4 is 4.90 Å². The molecule has 8 heteroatoms. The molecule has 6 heterocycles. The quantitative estimate of drug-likeness (QED) is 0.353. The molecule has 2 aliphatic rings. The molecule has 2 N–H and O–H groups in total. The predicted molar refractivity (Wildman–Crippen MR) is 153 cm³/mol. The van der Waals surface area contributed by atoms with Gasteiger partial charge in [0.2, 0.25) is 0 Å². The number of hydrogen-bond donors (Lipinski definition) is 2. The van der Waals surface area contributed by atoms with Crippen molar-refractivity contribution in [1.82, 2.24) is 34.9 Å². The zero-order chi connectivity index (χ0) is 25.5. The molecule has 0 bridgehead atoms. The molecule has 4 aromatic heterocycles. The van der Waals surface area contributed by atoms with Crippen LogP contribution in [0.3, 0.4) is 0 Å². The lowest BCUT2D eigenvalue weighted by molar-refractivity contribution is 0.220. The largest absolute Gasteiger partial charge is 0.368 e. The third-order valence-corrected chi connectivity index (χ3v) is 8.15. The first-order valence-corrected chi connectivity index (χ1v) is 13.8. The molecule has 8 nitrogen and oxygen atoms in total. The second kappa shape index (κ2) is 9.85. The second-order valence-corrected chi connectivity index (χ2v) is 10.8. The van der Waals surface area contributed by atoms with Crippen LogP contribution in [0.1, 0.15) is 24.8 Å². The van der Waals surface area contributed by atoms with Gasteiger partial charge in [-0.15, -0.1) is 0 Å². The van der Waals surface area contributed by atoms with E-state index in [-0.39, 0.29) is 0 Å². The Labute approximate surface area is 222 Å². The summed E-state index contributed by atoms with van der Waals surface area (Å²) in [7, 11) is 2.19. The van der Waals surface area contributed by atoms with E-state index in [1.807, 2.05) is 18.6 Å². The van der Waals surface area contributed by atoms with Crippen LogP contribution in [0.25, 0.3) is 44.5 Å². The van der Waals surface area contributed by atoms with Crippen LogP contribution in [0.2, 0.25) is 0 Å². The van der Waals surface area contributed by atoms with Gasteiger partial charge in [0.1, 0.15) is 11.3 Å². The van der Waals surface area contributed by atoms with E-state index >= 15 is 0 Å². The molecular formula is C30H34N8. The van der Waals surface area contributed by atoms with Crippen LogP contribution in [0.5, 0.6) is 0 Å². The summed E-state index contributed by atoms with van der Waals surface area (Å²) in [5.74, 6) is 0. The van der Waals surface area contributed by atoms with Crippen LogP contribution in [0, 0.1) is 0 Å². The van der Waals surface area contributed by atoms with E-state index in [4.69, 9.17) is 5.10 Å². The van der Waals surface area contributed by atoms with E-state index < -0.39 is 0 Å². The average molecular weight is 507 g/mol. The number of benzene rings is 1. The van der Waals surface area contributed by atoms with E-state index in [9.17, 15) is 0 Å². The molecule has 0 unspecified atom stereocenters. The third-order valence-electron chi connectivity index (χ3n) is 8.15. The van der Waals surface area contributed by atoms with E-state index in [1.165, 1.54) is 43.6 Å². The van der Waals surface area contributed by atoms with Gasteiger partial charge in [0.15, 0.2) is 0 Å². The van der Waals surface area contributed by atoms with Gasteiger partial charge in [-0.1, -0.05) is 12.5 Å². The number of likely N-dealkylation sites (N-methyl/N-ethyl adjacent to an activating group) is 1. The van der Waals surface area contributed by atoms with Crippen molar-refractivity contribution in [3.05, 3.63) is 60.6 Å². The first-order chi connectivity index (χ1) is 18.7. The minimum Gasteiger partial charge on any atom is -0.368 e. The molecule has 194 valence electrons. The topological polar surface area (TPSA) is 80.0 Å². The highest BCUT2D eigenvalue weighted by Gasteiger charge is 2.19. The number of pyridine rings is 2. The van der Waals surface area contributed by atoms with Gasteiger partial charge in [0.05, 0.1) is 11.2 Å². The van der Waals surface area contributed by atoms with Gasteiger partial charge in [-0.3, -0.25) is 15.0 Å². The molecule has 7 rings (SSSR count). The summed E-state index contributed by atoms with van der Waals surface area (Å²) in [5, 5.41) is 10.2. The number of piperazine rings is 1. The highest BCUT2D eigenvalue weighted by atomic mass is 15.2. The number of anilines is 1. The third kappa shape index (κ3) is 4.44. The van der Waals surface area contributed by atoms with Gasteiger partial charge < -0.3 is 14.8 Å². The van der Waals surface area contributed by atoms with Crippen LogP contribution in [-0.2, 0) is 6.54 Å². The zero-order valence-corrected chi connectivity index (χ0v) is 22.0. The first kappa shape index (κ1) is 23.4. The smallest absolute Gasteiger partial charge is 0.139 e. The summed E-state index contributed by atoms with van der Waals surface area (Å²) < 4.78 is 0. The number of likely N-dealkylation sites (tertiary alicyclic amines) is 1. The standard InChI is InChI=1S/C30H34N8/c1-36-11-13-38(14-12-36)28-7-8-32-30-25(28)17-27(33-30)29-24-16-22(5-6-26(24)34-35-29)23-15-21(18-31-19-23)20-37-9-3-2-4-10-37/h5-8,15-19H,2-4,9-14,20H2,1H3,(H,32,33)(H,34,35). The number of nitrogens with one attached hydrogen (secondary N) is 2. The molecule has 0 amide bonds. The van der Waals surface area contributed by atoms with E-state index in [1.54, 1.807) is 0 Å². The Bertz CT molecular complexity index is 1570. The molecule has 5 aromatic rings. The maximum Gasteiger partial charge on any atom is 0.139 e. The number of hydrogen-bond acceptors (Lipinski definition) is 6. The first-order valence-electron chi connectivity index (χ1n) is 13.8. The minimum atomic E-state index is 0.901. The van der Waals surface area contributed by atoms with E-state index in [2.05, 4.69) is 78.2 Å². The number of aromatic nitrogens is 5. The molecule has 2 saturated heterocycles. The number of H-pyrrole nitrogens is 2. The number of nitrogens with zero attached hydrogens (tertiary/aromatic N) is 6. The lowest BCUT2D eigenvalue weighted by Gasteiger charge is -2.34. The Balaban J connectivity index is 1.22. The van der Waals surface area contributed by atoms with Gasteiger partial charge in [0, 0.05) is 73.3 Å². The number of piperidine rings is 1. The van der Waals surface area contributed by atoms with Crippen LogP contribution >= 0.6 is 0 Å². The van der Waals surface area contributed by atoms with Crippen molar-refractivity contribution >= 4 is 27.6 Å². The van der Waals surface area contributed by atoms with Crippen LogP contribution in [-0.4, -0.2) is 81.3 Å². The molecule has 0 spiro atoms.